The summed E-state index contributed by atoms with van der Waals surface area (Å²) in [5, 5.41) is 12.4. The van der Waals surface area contributed by atoms with E-state index in [2.05, 4.69) is 30.2 Å². The van der Waals surface area contributed by atoms with Crippen molar-refractivity contribution in [2.45, 2.75) is 32.4 Å². The van der Waals surface area contributed by atoms with Crippen LogP contribution in [0.2, 0.25) is 4.34 Å². The largest absolute Gasteiger partial charge is 0.478 e. The molecule has 1 saturated heterocycles. The summed E-state index contributed by atoms with van der Waals surface area (Å²) in [6, 6.07) is 2.36. The summed E-state index contributed by atoms with van der Waals surface area (Å²) in [6.45, 7) is 4.66. The molecule has 0 aliphatic carbocycles. The van der Waals surface area contributed by atoms with Gasteiger partial charge in [-0.25, -0.2) is 24.7 Å². The number of carboxylic acids is 1. The molecular weight excluding hydrogens is 424 g/mol. The van der Waals surface area contributed by atoms with Crippen molar-refractivity contribution in [3.63, 3.8) is 0 Å². The number of fused-ring (bicyclic) bond motifs is 1. The summed E-state index contributed by atoms with van der Waals surface area (Å²) < 4.78 is 0.744. The Kier molecular flexibility index (Phi) is 8.06. The minimum Gasteiger partial charge on any atom is -0.478 e. The number of nitrogens with zero attached hydrogens (tertiary/aromatic N) is 5. The fourth-order valence-electron chi connectivity index (χ4n) is 3.18. The van der Waals surface area contributed by atoms with Gasteiger partial charge in [0, 0.05) is 49.7 Å². The van der Waals surface area contributed by atoms with Crippen LogP contribution >= 0.6 is 22.9 Å². The van der Waals surface area contributed by atoms with Crippen molar-refractivity contribution in [3.05, 3.63) is 53.2 Å². The highest BCUT2D eigenvalue weighted by molar-refractivity contribution is 7.22. The maximum atomic E-state index is 9.51. The Bertz CT molecular complexity index is 989. The predicted molar refractivity (Wildman–Crippen MR) is 119 cm³/mol. The number of rotatable bonds is 5. The minimum atomic E-state index is -0.891. The first-order valence-corrected chi connectivity index (χ1v) is 10.7. The van der Waals surface area contributed by atoms with Crippen LogP contribution in [-0.2, 0) is 11.3 Å². The number of hydrogen-bond donors (Lipinski definition) is 2. The van der Waals surface area contributed by atoms with Crippen molar-refractivity contribution >= 4 is 44.9 Å². The van der Waals surface area contributed by atoms with Crippen molar-refractivity contribution < 1.29 is 9.90 Å². The van der Waals surface area contributed by atoms with Crippen LogP contribution in [0, 0.1) is 0 Å². The molecule has 0 aromatic carbocycles. The number of carboxylic acid groups (broad SMARTS) is 1. The summed E-state index contributed by atoms with van der Waals surface area (Å²) in [5.41, 5.74) is 1.16. The Hall–Kier alpha value is -2.62. The van der Waals surface area contributed by atoms with Gasteiger partial charge in [0.05, 0.1) is 9.72 Å². The molecule has 2 N–H and O–H groups in total. The topological polar surface area (TPSA) is 104 Å². The second-order valence-electron chi connectivity index (χ2n) is 6.77. The highest BCUT2D eigenvalue weighted by atomic mass is 35.5. The SMILES string of the molecule is C/C=C\C(=O)O.Clc1cc2c(NC3CCN(Cc4cncnc4)CC3)ncnc2s1. The molecule has 0 atom stereocenters. The van der Waals surface area contributed by atoms with Crippen molar-refractivity contribution in [3.8, 4) is 0 Å². The van der Waals surface area contributed by atoms with Crippen LogP contribution < -0.4 is 5.32 Å². The second-order valence-corrected chi connectivity index (χ2v) is 8.43. The molecule has 0 bridgehead atoms. The van der Waals surface area contributed by atoms with Gasteiger partial charge in [0.2, 0.25) is 0 Å². The summed E-state index contributed by atoms with van der Waals surface area (Å²) in [5.74, 6) is -0.00411. The molecule has 1 aliphatic heterocycles. The van der Waals surface area contributed by atoms with Crippen molar-refractivity contribution in [1.29, 1.82) is 0 Å². The molecule has 0 amide bonds. The summed E-state index contributed by atoms with van der Waals surface area (Å²) in [4.78, 5) is 29.7. The lowest BCUT2D eigenvalue weighted by molar-refractivity contribution is -0.131. The van der Waals surface area contributed by atoms with Crippen molar-refractivity contribution in [2.75, 3.05) is 18.4 Å². The number of hydrogen-bond acceptors (Lipinski definition) is 8. The van der Waals surface area contributed by atoms with E-state index in [0.717, 1.165) is 64.5 Å². The lowest BCUT2D eigenvalue weighted by atomic mass is 10.0. The van der Waals surface area contributed by atoms with Crippen LogP contribution in [0.5, 0.6) is 0 Å². The molecule has 3 aromatic rings. The summed E-state index contributed by atoms with van der Waals surface area (Å²) in [6.07, 6.45) is 11.7. The Morgan fingerprint density at radius 2 is 2.03 bits per heavy atom. The molecule has 0 unspecified atom stereocenters. The number of carbonyl (C=O) groups is 1. The van der Waals surface area contributed by atoms with E-state index in [-0.39, 0.29) is 0 Å². The molecule has 8 nitrogen and oxygen atoms in total. The van der Waals surface area contributed by atoms with E-state index in [4.69, 9.17) is 16.7 Å². The van der Waals surface area contributed by atoms with E-state index in [1.807, 2.05) is 18.5 Å². The van der Waals surface area contributed by atoms with E-state index in [0.29, 0.717) is 6.04 Å². The third kappa shape index (κ3) is 6.45. The average Bonchev–Trinajstić information content (AvgIpc) is 3.12. The smallest absolute Gasteiger partial charge is 0.327 e. The summed E-state index contributed by atoms with van der Waals surface area (Å²) in [7, 11) is 0. The van der Waals surface area contributed by atoms with Crippen LogP contribution in [0.25, 0.3) is 10.2 Å². The van der Waals surface area contributed by atoms with Gasteiger partial charge in [-0.2, -0.15) is 0 Å². The fourth-order valence-corrected chi connectivity index (χ4v) is 4.24. The monoisotopic (exact) mass is 446 g/mol. The number of allylic oxidation sites excluding steroid dienone is 1. The molecule has 1 aliphatic rings. The highest BCUT2D eigenvalue weighted by Gasteiger charge is 2.20. The molecule has 10 heteroatoms. The second kappa shape index (κ2) is 11.0. The number of aromatic nitrogens is 4. The predicted octanol–water partition coefficient (Wildman–Crippen LogP) is 3.86. The van der Waals surface area contributed by atoms with Crippen LogP contribution in [0.4, 0.5) is 5.82 Å². The molecule has 4 heterocycles. The normalized spacial score (nSPS) is 15.1. The zero-order valence-electron chi connectivity index (χ0n) is 16.5. The van der Waals surface area contributed by atoms with Gasteiger partial charge in [0.25, 0.3) is 0 Å². The zero-order chi connectivity index (χ0) is 21.3. The molecule has 30 heavy (non-hydrogen) atoms. The third-order valence-corrected chi connectivity index (χ3v) is 5.73. The Morgan fingerprint density at radius 3 is 2.67 bits per heavy atom. The Morgan fingerprint density at radius 1 is 1.30 bits per heavy atom. The molecular formula is C20H23ClN6O2S. The lowest BCUT2D eigenvalue weighted by Gasteiger charge is -2.32. The van der Waals surface area contributed by atoms with Crippen molar-refractivity contribution in [2.24, 2.45) is 0 Å². The number of anilines is 1. The van der Waals surface area contributed by atoms with Gasteiger partial charge in [0.1, 0.15) is 23.3 Å². The van der Waals surface area contributed by atoms with Crippen LogP contribution in [0.15, 0.2) is 43.3 Å². The highest BCUT2D eigenvalue weighted by Crippen LogP contribution is 2.32. The van der Waals surface area contributed by atoms with E-state index in [9.17, 15) is 4.79 Å². The van der Waals surface area contributed by atoms with Crippen LogP contribution in [0.1, 0.15) is 25.3 Å². The van der Waals surface area contributed by atoms with Gasteiger partial charge >= 0.3 is 5.97 Å². The van der Waals surface area contributed by atoms with Gasteiger partial charge < -0.3 is 10.4 Å². The number of likely N-dealkylation sites (tertiary alicyclic amines) is 1. The van der Waals surface area contributed by atoms with Gasteiger partial charge in [0.15, 0.2) is 0 Å². The Balaban J connectivity index is 0.000000377. The maximum absolute atomic E-state index is 9.51. The first kappa shape index (κ1) is 22.1. The third-order valence-electron chi connectivity index (χ3n) is 4.56. The van der Waals surface area contributed by atoms with Gasteiger partial charge in [-0.1, -0.05) is 17.7 Å². The number of thiophene rings is 1. The Labute approximate surface area is 183 Å². The standard InChI is InChI=1S/C16H17ClN6S.C4H6O2/c17-14-5-13-15(20-10-21-16(13)24-14)22-12-1-3-23(4-2-12)8-11-6-18-9-19-7-11;1-2-3-4(5)6/h5-7,9-10,12H,1-4,8H2,(H,20,21,22);2-3H,1H3,(H,5,6)/b;3-2-. The first-order chi connectivity index (χ1) is 14.5. The van der Waals surface area contributed by atoms with E-state index in [1.54, 1.807) is 19.6 Å². The summed E-state index contributed by atoms with van der Waals surface area (Å²) >= 11 is 7.58. The molecule has 3 aromatic heterocycles. The number of aliphatic carboxylic acids is 1. The van der Waals surface area contributed by atoms with E-state index < -0.39 is 5.97 Å². The molecule has 0 radical (unpaired) electrons. The number of halogens is 1. The van der Waals surface area contributed by atoms with E-state index >= 15 is 0 Å². The minimum absolute atomic E-state index is 0.421. The number of nitrogens with one attached hydrogen (secondary N) is 1. The van der Waals surface area contributed by atoms with Gasteiger partial charge in [-0.05, 0) is 25.8 Å². The first-order valence-electron chi connectivity index (χ1n) is 9.53. The quantitative estimate of drug-likeness (QED) is 0.569. The lowest BCUT2D eigenvalue weighted by Crippen LogP contribution is -2.38. The molecule has 1 fully saturated rings. The fraction of sp³-hybridized carbons (Fsp3) is 0.350. The molecule has 158 valence electrons. The number of piperidine rings is 1. The molecule has 4 rings (SSSR count). The van der Waals surface area contributed by atoms with Gasteiger partial charge in [-0.3, -0.25) is 4.90 Å². The molecule has 0 saturated carbocycles. The average molecular weight is 447 g/mol. The van der Waals surface area contributed by atoms with Crippen LogP contribution in [-0.4, -0.2) is 55.0 Å². The van der Waals surface area contributed by atoms with Crippen molar-refractivity contribution in [1.82, 2.24) is 24.8 Å². The van der Waals surface area contributed by atoms with Gasteiger partial charge in [-0.15, -0.1) is 11.3 Å². The molecule has 0 spiro atoms. The maximum Gasteiger partial charge on any atom is 0.327 e. The zero-order valence-corrected chi connectivity index (χ0v) is 18.1. The van der Waals surface area contributed by atoms with E-state index in [1.165, 1.54) is 17.4 Å². The van der Waals surface area contributed by atoms with Crippen LogP contribution in [0.3, 0.4) is 0 Å².